The summed E-state index contributed by atoms with van der Waals surface area (Å²) < 4.78 is 12.2. The maximum absolute atomic E-state index is 12.4. The number of hydrogen-bond donors (Lipinski definition) is 1. The number of carbonyl (C=O) groups is 1. The molecule has 0 spiro atoms. The van der Waals surface area contributed by atoms with Crippen LogP contribution in [0.2, 0.25) is 0 Å². The van der Waals surface area contributed by atoms with Gasteiger partial charge in [0.15, 0.2) is 11.6 Å². The molecule has 0 saturated carbocycles. The number of likely N-dealkylation sites (N-methyl/N-ethyl adjacent to an activating group) is 1. The fourth-order valence-corrected chi connectivity index (χ4v) is 2.77. The summed E-state index contributed by atoms with van der Waals surface area (Å²) in [5, 5.41) is 6.46. The predicted octanol–water partition coefficient (Wildman–Crippen LogP) is 0.446. The topological polar surface area (TPSA) is 106 Å². The molecule has 10 heteroatoms. The highest BCUT2D eigenvalue weighted by Gasteiger charge is 2.26. The molecule has 1 N–H and O–H groups in total. The number of nitrogens with one attached hydrogen (secondary N) is 1. The Bertz CT molecular complexity index is 832. The first-order chi connectivity index (χ1) is 12.4. The smallest absolute Gasteiger partial charge is 0.323 e. The number of carbonyl (C=O) groups excluding carboxylic acids is 1. The van der Waals surface area contributed by atoms with Gasteiger partial charge in [0.05, 0.1) is 19.3 Å². The highest BCUT2D eigenvalue weighted by Crippen LogP contribution is 2.12. The molecule has 2 amide bonds. The Morgan fingerprint density at radius 1 is 1.50 bits per heavy atom. The lowest BCUT2D eigenvalue weighted by atomic mass is 10.2. The van der Waals surface area contributed by atoms with E-state index in [9.17, 15) is 9.59 Å². The van der Waals surface area contributed by atoms with E-state index in [-0.39, 0.29) is 17.7 Å². The number of aryl methyl sites for hydroxylation is 2. The number of nitrogens with zero attached hydrogens (tertiary/aromatic N) is 5. The molecule has 1 aliphatic heterocycles. The first kappa shape index (κ1) is 17.9. The van der Waals surface area contributed by atoms with Gasteiger partial charge in [0.2, 0.25) is 0 Å². The Morgan fingerprint density at radius 3 is 3.04 bits per heavy atom. The lowest BCUT2D eigenvalue weighted by molar-refractivity contribution is -0.00716. The number of ether oxygens (including phenoxy) is 1. The number of urea groups is 1. The summed E-state index contributed by atoms with van der Waals surface area (Å²) in [6.07, 6.45) is 2.95. The second-order valence-electron chi connectivity index (χ2n) is 6.24. The van der Waals surface area contributed by atoms with E-state index in [1.165, 1.54) is 4.57 Å². The van der Waals surface area contributed by atoms with E-state index in [0.717, 1.165) is 0 Å². The molecule has 1 unspecified atom stereocenters. The van der Waals surface area contributed by atoms with Gasteiger partial charge in [-0.25, -0.2) is 9.78 Å². The van der Waals surface area contributed by atoms with Gasteiger partial charge in [-0.2, -0.15) is 0 Å². The van der Waals surface area contributed by atoms with Crippen LogP contribution >= 0.6 is 0 Å². The maximum atomic E-state index is 12.4. The van der Waals surface area contributed by atoms with E-state index < -0.39 is 0 Å². The predicted molar refractivity (Wildman–Crippen MR) is 94.3 cm³/mol. The molecule has 3 heterocycles. The number of hydrogen-bond acceptors (Lipinski definition) is 7. The molecule has 1 atom stereocenters. The van der Waals surface area contributed by atoms with Crippen LogP contribution in [0.3, 0.4) is 0 Å². The molecule has 26 heavy (non-hydrogen) atoms. The zero-order valence-corrected chi connectivity index (χ0v) is 15.0. The maximum Gasteiger partial charge on any atom is 0.323 e. The fraction of sp³-hybridized carbons (Fsp3) is 0.500. The zero-order chi connectivity index (χ0) is 18.7. The Kier molecular flexibility index (Phi) is 5.21. The van der Waals surface area contributed by atoms with Crippen molar-refractivity contribution in [2.24, 2.45) is 7.05 Å². The number of amides is 2. The molecule has 0 bridgehead atoms. The third-order valence-electron chi connectivity index (χ3n) is 4.13. The molecule has 1 fully saturated rings. The Morgan fingerprint density at radius 2 is 2.31 bits per heavy atom. The molecule has 3 rings (SSSR count). The van der Waals surface area contributed by atoms with Gasteiger partial charge in [0.1, 0.15) is 5.76 Å². The van der Waals surface area contributed by atoms with E-state index in [0.29, 0.717) is 43.6 Å². The molecule has 1 saturated heterocycles. The molecule has 10 nitrogen and oxygen atoms in total. The van der Waals surface area contributed by atoms with Crippen molar-refractivity contribution in [2.75, 3.05) is 43.5 Å². The van der Waals surface area contributed by atoms with Crippen LogP contribution < -0.4 is 15.8 Å². The summed E-state index contributed by atoms with van der Waals surface area (Å²) in [7, 11) is 3.46. The van der Waals surface area contributed by atoms with Crippen LogP contribution in [-0.4, -0.2) is 65.0 Å². The van der Waals surface area contributed by atoms with Crippen molar-refractivity contribution in [3.8, 4) is 0 Å². The van der Waals surface area contributed by atoms with Crippen molar-refractivity contribution in [3.05, 3.63) is 34.6 Å². The van der Waals surface area contributed by atoms with Crippen LogP contribution in [0.4, 0.5) is 16.4 Å². The molecule has 0 aromatic carbocycles. The minimum absolute atomic E-state index is 0.179. The average Bonchev–Trinajstić information content (AvgIpc) is 3.02. The van der Waals surface area contributed by atoms with Gasteiger partial charge in [0, 0.05) is 45.6 Å². The van der Waals surface area contributed by atoms with Gasteiger partial charge in [-0.05, 0) is 6.92 Å². The summed E-state index contributed by atoms with van der Waals surface area (Å²) in [4.78, 5) is 32.1. The normalized spacial score (nSPS) is 17.2. The molecule has 2 aromatic heterocycles. The third-order valence-corrected chi connectivity index (χ3v) is 4.13. The standard InChI is InChI=1S/C16H22N6O4/c1-11-8-13(19-26-11)18-16(24)22-6-7-25-12(10-22)9-21(3)14-15(23)20(2)5-4-17-14/h4-5,8,12H,6-7,9-10H2,1-3H3,(H,18,19,24). The van der Waals surface area contributed by atoms with Crippen molar-refractivity contribution in [1.29, 1.82) is 0 Å². The van der Waals surface area contributed by atoms with Crippen LogP contribution in [0.25, 0.3) is 0 Å². The van der Waals surface area contributed by atoms with Crippen molar-refractivity contribution in [3.63, 3.8) is 0 Å². The minimum atomic E-state index is -0.261. The van der Waals surface area contributed by atoms with Crippen LogP contribution in [0.1, 0.15) is 5.76 Å². The fourth-order valence-electron chi connectivity index (χ4n) is 2.77. The summed E-state index contributed by atoms with van der Waals surface area (Å²) in [6, 6.07) is 1.39. The largest absolute Gasteiger partial charge is 0.373 e. The Balaban J connectivity index is 1.60. The third kappa shape index (κ3) is 4.02. The summed E-state index contributed by atoms with van der Waals surface area (Å²) >= 11 is 0. The monoisotopic (exact) mass is 362 g/mol. The van der Waals surface area contributed by atoms with Gasteiger partial charge in [-0.1, -0.05) is 5.16 Å². The van der Waals surface area contributed by atoms with Crippen LogP contribution in [0.15, 0.2) is 27.8 Å². The van der Waals surface area contributed by atoms with Crippen molar-refractivity contribution >= 4 is 17.7 Å². The highest BCUT2D eigenvalue weighted by molar-refractivity contribution is 5.88. The van der Waals surface area contributed by atoms with Crippen molar-refractivity contribution < 1.29 is 14.1 Å². The summed E-state index contributed by atoms with van der Waals surface area (Å²) in [5.41, 5.74) is -0.179. The molecule has 0 radical (unpaired) electrons. The van der Waals surface area contributed by atoms with Gasteiger partial charge >= 0.3 is 6.03 Å². The minimum Gasteiger partial charge on any atom is -0.373 e. The number of morpholine rings is 1. The lowest BCUT2D eigenvalue weighted by Gasteiger charge is -2.34. The number of aromatic nitrogens is 3. The first-order valence-corrected chi connectivity index (χ1v) is 8.27. The van der Waals surface area contributed by atoms with Gasteiger partial charge < -0.3 is 23.6 Å². The SMILES string of the molecule is Cc1cc(NC(=O)N2CCOC(CN(C)c3nccn(C)c3=O)C2)no1. The van der Waals surface area contributed by atoms with E-state index in [1.807, 2.05) is 0 Å². The van der Waals surface area contributed by atoms with E-state index >= 15 is 0 Å². The second-order valence-corrected chi connectivity index (χ2v) is 6.24. The molecule has 140 valence electrons. The zero-order valence-electron chi connectivity index (χ0n) is 15.0. The van der Waals surface area contributed by atoms with E-state index in [1.54, 1.807) is 49.3 Å². The molecule has 1 aliphatic rings. The molecular weight excluding hydrogens is 340 g/mol. The molecule has 2 aromatic rings. The Hall–Kier alpha value is -2.88. The van der Waals surface area contributed by atoms with Crippen LogP contribution in [0, 0.1) is 6.92 Å². The van der Waals surface area contributed by atoms with Gasteiger partial charge in [0.25, 0.3) is 5.56 Å². The highest BCUT2D eigenvalue weighted by atomic mass is 16.5. The van der Waals surface area contributed by atoms with Gasteiger partial charge in [-0.3, -0.25) is 10.1 Å². The van der Waals surface area contributed by atoms with Gasteiger partial charge in [-0.15, -0.1) is 0 Å². The summed E-state index contributed by atoms with van der Waals surface area (Å²) in [6.45, 7) is 3.50. The lowest BCUT2D eigenvalue weighted by Crippen LogP contribution is -2.51. The first-order valence-electron chi connectivity index (χ1n) is 8.27. The van der Waals surface area contributed by atoms with Crippen molar-refractivity contribution in [2.45, 2.75) is 13.0 Å². The van der Waals surface area contributed by atoms with Crippen molar-refractivity contribution in [1.82, 2.24) is 19.6 Å². The Labute approximate surface area is 150 Å². The number of anilines is 2. The van der Waals surface area contributed by atoms with Crippen LogP contribution in [-0.2, 0) is 11.8 Å². The molecule has 0 aliphatic carbocycles. The average molecular weight is 362 g/mol. The quantitative estimate of drug-likeness (QED) is 0.841. The van der Waals surface area contributed by atoms with E-state index in [4.69, 9.17) is 9.26 Å². The second kappa shape index (κ2) is 7.56. The number of rotatable bonds is 4. The summed E-state index contributed by atoms with van der Waals surface area (Å²) in [5.74, 6) is 1.35. The van der Waals surface area contributed by atoms with Crippen LogP contribution in [0.5, 0.6) is 0 Å². The molecular formula is C16H22N6O4. The van der Waals surface area contributed by atoms with E-state index in [2.05, 4.69) is 15.5 Å².